The highest BCUT2D eigenvalue weighted by Gasteiger charge is 2.46. The first-order valence-corrected chi connectivity index (χ1v) is 13.6. The number of hydrogen-bond donors (Lipinski definition) is 0. The summed E-state index contributed by atoms with van der Waals surface area (Å²) >= 11 is 3.67. The predicted octanol–water partition coefficient (Wildman–Crippen LogP) is 6.39. The molecule has 1 heterocycles. The normalized spacial score (nSPS) is 21.8. The maximum absolute atomic E-state index is 13.9. The van der Waals surface area contributed by atoms with Crippen molar-refractivity contribution in [1.82, 2.24) is 0 Å². The molecule has 0 saturated carbocycles. The highest BCUT2D eigenvalue weighted by Crippen LogP contribution is 2.50. The van der Waals surface area contributed by atoms with Crippen molar-refractivity contribution in [3.63, 3.8) is 0 Å². The van der Waals surface area contributed by atoms with Gasteiger partial charge in [0.2, 0.25) is 0 Å². The summed E-state index contributed by atoms with van der Waals surface area (Å²) in [5.41, 5.74) is 3.73. The number of methoxy groups -OCH3 is 3. The number of ether oxygens (including phenoxy) is 4. The van der Waals surface area contributed by atoms with Gasteiger partial charge in [0.05, 0.1) is 27.4 Å². The molecule has 2 aliphatic rings. The summed E-state index contributed by atoms with van der Waals surface area (Å²) in [5.74, 6) is 0.106. The fourth-order valence-corrected chi connectivity index (χ4v) is 5.84. The van der Waals surface area contributed by atoms with Crippen molar-refractivity contribution in [2.24, 2.45) is 10.9 Å². The zero-order chi connectivity index (χ0) is 27.6. The monoisotopic (exact) mass is 583 g/mol. The average molecular weight is 585 g/mol. The van der Waals surface area contributed by atoms with Gasteiger partial charge in [-0.25, -0.2) is 0 Å². The van der Waals surface area contributed by atoms with Crippen molar-refractivity contribution in [3.05, 3.63) is 63.3 Å². The third-order valence-electron chi connectivity index (χ3n) is 7.46. The SMILES string of the molecule is CC[C@H](C)OC(=O)C1C(C)=NC2=C(C(=O)C[C@H](c3ccc(OC)cc3)C2)[C@@H]1c1cc(OC)c(OC)cc1Br. The molecule has 0 bridgehead atoms. The molecule has 1 aliphatic heterocycles. The van der Waals surface area contributed by atoms with Crippen molar-refractivity contribution in [2.45, 2.75) is 58.0 Å². The Kier molecular flexibility index (Phi) is 8.61. The van der Waals surface area contributed by atoms with Crippen molar-refractivity contribution in [2.75, 3.05) is 21.3 Å². The van der Waals surface area contributed by atoms with Gasteiger partial charge in [0.1, 0.15) is 11.7 Å². The maximum atomic E-state index is 13.9. The number of esters is 1. The topological polar surface area (TPSA) is 83.4 Å². The number of benzene rings is 2. The van der Waals surface area contributed by atoms with Crippen LogP contribution in [-0.2, 0) is 14.3 Å². The third-order valence-corrected chi connectivity index (χ3v) is 8.15. The lowest BCUT2D eigenvalue weighted by molar-refractivity contribution is -0.151. The van der Waals surface area contributed by atoms with Gasteiger partial charge in [0, 0.05) is 33.8 Å². The van der Waals surface area contributed by atoms with Gasteiger partial charge in [0.15, 0.2) is 17.3 Å². The summed E-state index contributed by atoms with van der Waals surface area (Å²) in [7, 11) is 4.76. The molecule has 0 amide bonds. The molecule has 4 rings (SSSR count). The molecular formula is C30H34BrNO6. The van der Waals surface area contributed by atoms with Crippen LogP contribution in [0, 0.1) is 5.92 Å². The van der Waals surface area contributed by atoms with Crippen LogP contribution in [-0.4, -0.2) is 44.9 Å². The number of Topliss-reactive ketones (excluding diaryl/α,β-unsaturated/α-hetero) is 1. The fraction of sp³-hybridized carbons (Fsp3) is 0.433. The first-order valence-electron chi connectivity index (χ1n) is 12.8. The number of carbonyl (C=O) groups excluding carboxylic acids is 2. The van der Waals surface area contributed by atoms with Gasteiger partial charge in [-0.1, -0.05) is 35.0 Å². The molecule has 202 valence electrons. The minimum atomic E-state index is -0.737. The summed E-state index contributed by atoms with van der Waals surface area (Å²) in [6.07, 6.45) is 1.37. The van der Waals surface area contributed by atoms with E-state index in [1.165, 1.54) is 0 Å². The van der Waals surface area contributed by atoms with E-state index in [-0.39, 0.29) is 23.8 Å². The Balaban J connectivity index is 1.83. The second-order valence-electron chi connectivity index (χ2n) is 9.75. The highest BCUT2D eigenvalue weighted by atomic mass is 79.9. The number of nitrogens with zero attached hydrogens (tertiary/aromatic N) is 1. The third kappa shape index (κ3) is 5.37. The summed E-state index contributed by atoms with van der Waals surface area (Å²) in [6.45, 7) is 5.67. The lowest BCUT2D eigenvalue weighted by Crippen LogP contribution is -2.39. The quantitative estimate of drug-likeness (QED) is 0.335. The molecule has 8 heteroatoms. The lowest BCUT2D eigenvalue weighted by atomic mass is 9.69. The van der Waals surface area contributed by atoms with Gasteiger partial charge in [-0.15, -0.1) is 0 Å². The van der Waals surface area contributed by atoms with E-state index in [0.29, 0.717) is 46.5 Å². The van der Waals surface area contributed by atoms with E-state index in [0.717, 1.165) is 22.6 Å². The minimum absolute atomic E-state index is 0.0122. The molecule has 0 fully saturated rings. The lowest BCUT2D eigenvalue weighted by Gasteiger charge is -2.37. The molecule has 0 spiro atoms. The van der Waals surface area contributed by atoms with Crippen molar-refractivity contribution in [1.29, 1.82) is 0 Å². The predicted molar refractivity (Wildman–Crippen MR) is 149 cm³/mol. The van der Waals surface area contributed by atoms with Gasteiger partial charge in [-0.05, 0) is 68.0 Å². The van der Waals surface area contributed by atoms with Crippen LogP contribution >= 0.6 is 15.9 Å². The number of halogens is 1. The Labute approximate surface area is 232 Å². The van der Waals surface area contributed by atoms with Crippen LogP contribution in [0.3, 0.4) is 0 Å². The molecule has 0 aromatic heterocycles. The second kappa shape index (κ2) is 11.7. The van der Waals surface area contributed by atoms with Crippen LogP contribution in [0.15, 0.2) is 57.1 Å². The summed E-state index contributed by atoms with van der Waals surface area (Å²) in [6, 6.07) is 11.4. The Morgan fingerprint density at radius 2 is 1.71 bits per heavy atom. The summed E-state index contributed by atoms with van der Waals surface area (Å²) < 4.78 is 22.9. The highest BCUT2D eigenvalue weighted by molar-refractivity contribution is 9.10. The van der Waals surface area contributed by atoms with E-state index in [1.54, 1.807) is 27.4 Å². The molecule has 7 nitrogen and oxygen atoms in total. The largest absolute Gasteiger partial charge is 0.497 e. The van der Waals surface area contributed by atoms with Crippen molar-refractivity contribution >= 4 is 33.4 Å². The maximum Gasteiger partial charge on any atom is 0.315 e. The molecule has 1 unspecified atom stereocenters. The van der Waals surface area contributed by atoms with E-state index < -0.39 is 11.8 Å². The van der Waals surface area contributed by atoms with Gasteiger partial charge in [-0.2, -0.15) is 0 Å². The zero-order valence-electron chi connectivity index (χ0n) is 22.7. The van der Waals surface area contributed by atoms with E-state index in [2.05, 4.69) is 15.9 Å². The van der Waals surface area contributed by atoms with Crippen LogP contribution in [0.2, 0.25) is 0 Å². The number of aliphatic imine (C=N–C) groups is 1. The molecule has 4 atom stereocenters. The molecule has 0 radical (unpaired) electrons. The van der Waals surface area contributed by atoms with Crippen LogP contribution < -0.4 is 14.2 Å². The fourth-order valence-electron chi connectivity index (χ4n) is 5.28. The van der Waals surface area contributed by atoms with Gasteiger partial charge in [0.25, 0.3) is 0 Å². The zero-order valence-corrected chi connectivity index (χ0v) is 24.3. The van der Waals surface area contributed by atoms with Crippen LogP contribution in [0.5, 0.6) is 17.2 Å². The van der Waals surface area contributed by atoms with Gasteiger partial charge in [-0.3, -0.25) is 14.6 Å². The second-order valence-corrected chi connectivity index (χ2v) is 10.6. The van der Waals surface area contributed by atoms with E-state index in [9.17, 15) is 9.59 Å². The van der Waals surface area contributed by atoms with E-state index in [4.69, 9.17) is 23.9 Å². The van der Waals surface area contributed by atoms with Crippen LogP contribution in [0.25, 0.3) is 0 Å². The molecule has 1 aliphatic carbocycles. The van der Waals surface area contributed by atoms with Crippen molar-refractivity contribution in [3.8, 4) is 17.2 Å². The van der Waals surface area contributed by atoms with Gasteiger partial charge < -0.3 is 18.9 Å². The van der Waals surface area contributed by atoms with Crippen LogP contribution in [0.4, 0.5) is 0 Å². The Morgan fingerprint density at radius 3 is 2.32 bits per heavy atom. The Hall–Kier alpha value is -3.13. The Morgan fingerprint density at radius 1 is 1.05 bits per heavy atom. The smallest absolute Gasteiger partial charge is 0.315 e. The van der Waals surface area contributed by atoms with Crippen molar-refractivity contribution < 1.29 is 28.5 Å². The number of hydrogen-bond acceptors (Lipinski definition) is 7. The first-order chi connectivity index (χ1) is 18.2. The number of carbonyl (C=O) groups is 2. The number of allylic oxidation sites excluding steroid dienone is 2. The standard InChI is InChI=1S/C30H34BrNO6/c1-7-16(2)38-30(34)27-17(3)32-23-12-19(18-8-10-20(35-4)11-9-18)13-24(33)29(23)28(27)21-14-25(36-5)26(37-6)15-22(21)31/h8-11,14-16,19,27-28H,7,12-13H2,1-6H3/t16-,19+,27?,28+/m0/s1. The van der Waals surface area contributed by atoms with E-state index in [1.807, 2.05) is 51.1 Å². The molecule has 38 heavy (non-hydrogen) atoms. The molecule has 0 N–H and O–H groups in total. The molecule has 2 aromatic rings. The van der Waals surface area contributed by atoms with Gasteiger partial charge >= 0.3 is 5.97 Å². The number of rotatable bonds is 8. The molecular weight excluding hydrogens is 550 g/mol. The van der Waals surface area contributed by atoms with Crippen LogP contribution in [0.1, 0.15) is 63.0 Å². The minimum Gasteiger partial charge on any atom is -0.497 e. The number of ketones is 1. The Bertz CT molecular complexity index is 1280. The first kappa shape index (κ1) is 27.9. The molecule has 2 aromatic carbocycles. The van der Waals surface area contributed by atoms with E-state index >= 15 is 0 Å². The average Bonchev–Trinajstić information content (AvgIpc) is 2.91. The molecule has 0 saturated heterocycles. The summed E-state index contributed by atoms with van der Waals surface area (Å²) in [4.78, 5) is 32.3. The summed E-state index contributed by atoms with van der Waals surface area (Å²) in [5, 5.41) is 0.